The van der Waals surface area contributed by atoms with E-state index in [-0.39, 0.29) is 23.7 Å². The molecule has 2 unspecified atom stereocenters. The maximum absolute atomic E-state index is 12.7. The zero-order chi connectivity index (χ0) is 16.5. The number of hydrogen-bond acceptors (Lipinski definition) is 2. The fraction of sp³-hybridized carbons (Fsp3) is 0.300. The third kappa shape index (κ3) is 2.92. The molecule has 4 heteroatoms. The highest BCUT2D eigenvalue weighted by Crippen LogP contribution is 2.41. The second-order valence-electron chi connectivity index (χ2n) is 6.58. The van der Waals surface area contributed by atoms with Crippen LogP contribution in [0.25, 0.3) is 0 Å². The smallest absolute Gasteiger partial charge is 0.228 e. The summed E-state index contributed by atoms with van der Waals surface area (Å²) >= 11 is 0. The van der Waals surface area contributed by atoms with Crippen LogP contribution in [0.2, 0.25) is 0 Å². The first-order valence-electron chi connectivity index (χ1n) is 8.44. The molecule has 0 spiro atoms. The monoisotopic (exact) mass is 320 g/mol. The molecule has 0 radical (unpaired) electrons. The minimum atomic E-state index is -0.185. The van der Waals surface area contributed by atoms with Gasteiger partial charge in [0.15, 0.2) is 0 Å². The summed E-state index contributed by atoms with van der Waals surface area (Å²) in [4.78, 5) is 26.9. The summed E-state index contributed by atoms with van der Waals surface area (Å²) in [7, 11) is 0. The minimum absolute atomic E-state index is 0.0445. The van der Waals surface area contributed by atoms with Crippen molar-refractivity contribution < 1.29 is 9.59 Å². The highest BCUT2D eigenvalue weighted by Gasteiger charge is 2.49. The number of benzene rings is 2. The van der Waals surface area contributed by atoms with Crippen LogP contribution < -0.4 is 5.32 Å². The third-order valence-corrected chi connectivity index (χ3v) is 4.93. The van der Waals surface area contributed by atoms with E-state index in [9.17, 15) is 9.59 Å². The van der Waals surface area contributed by atoms with E-state index in [1.165, 1.54) is 11.1 Å². The van der Waals surface area contributed by atoms with Crippen LogP contribution in [0.15, 0.2) is 54.6 Å². The van der Waals surface area contributed by atoms with Gasteiger partial charge in [0, 0.05) is 18.8 Å². The van der Waals surface area contributed by atoms with Crippen molar-refractivity contribution in [2.24, 2.45) is 11.8 Å². The van der Waals surface area contributed by atoms with E-state index in [1.807, 2.05) is 47.4 Å². The van der Waals surface area contributed by atoms with Gasteiger partial charge in [-0.15, -0.1) is 0 Å². The van der Waals surface area contributed by atoms with Crippen LogP contribution in [0, 0.1) is 11.8 Å². The summed E-state index contributed by atoms with van der Waals surface area (Å²) in [5.74, 6) is -0.261. The molecule has 24 heavy (non-hydrogen) atoms. The van der Waals surface area contributed by atoms with Gasteiger partial charge in [0.05, 0.1) is 11.8 Å². The van der Waals surface area contributed by atoms with Crippen LogP contribution in [-0.4, -0.2) is 23.3 Å². The maximum atomic E-state index is 12.7. The van der Waals surface area contributed by atoms with E-state index >= 15 is 0 Å². The second-order valence-corrected chi connectivity index (χ2v) is 6.58. The van der Waals surface area contributed by atoms with Gasteiger partial charge in [-0.1, -0.05) is 42.5 Å². The number of carbonyl (C=O) groups is 2. The Morgan fingerprint density at radius 3 is 2.42 bits per heavy atom. The second kappa shape index (κ2) is 6.11. The molecule has 1 heterocycles. The van der Waals surface area contributed by atoms with Crippen molar-refractivity contribution >= 4 is 17.5 Å². The van der Waals surface area contributed by atoms with E-state index in [4.69, 9.17) is 0 Å². The number of nitrogens with one attached hydrogen (secondary N) is 1. The molecule has 2 aliphatic rings. The molecule has 1 N–H and O–H groups in total. The van der Waals surface area contributed by atoms with Crippen LogP contribution in [0.4, 0.5) is 5.69 Å². The van der Waals surface area contributed by atoms with Crippen LogP contribution in [0.5, 0.6) is 0 Å². The van der Waals surface area contributed by atoms with Crippen LogP contribution in [-0.2, 0) is 22.6 Å². The summed E-state index contributed by atoms with van der Waals surface area (Å²) in [6.07, 6.45) is 1.56. The first kappa shape index (κ1) is 14.9. The first-order valence-corrected chi connectivity index (χ1v) is 8.44. The lowest BCUT2D eigenvalue weighted by Crippen LogP contribution is -2.37. The summed E-state index contributed by atoms with van der Waals surface area (Å²) in [5, 5.41) is 2.90. The predicted octanol–water partition coefficient (Wildman–Crippen LogP) is 2.85. The van der Waals surface area contributed by atoms with Crippen molar-refractivity contribution in [3.63, 3.8) is 0 Å². The predicted molar refractivity (Wildman–Crippen MR) is 92.2 cm³/mol. The first-order chi connectivity index (χ1) is 11.7. The fourth-order valence-electron chi connectivity index (χ4n) is 3.43. The molecule has 1 saturated carbocycles. The summed E-state index contributed by atoms with van der Waals surface area (Å²) in [6, 6.07) is 17.7. The molecule has 2 aromatic rings. The highest BCUT2D eigenvalue weighted by atomic mass is 16.2. The Balaban J connectivity index is 1.36. The van der Waals surface area contributed by atoms with Crippen LogP contribution in [0.1, 0.15) is 17.5 Å². The Kier molecular flexibility index (Phi) is 3.81. The topological polar surface area (TPSA) is 49.4 Å². The van der Waals surface area contributed by atoms with E-state index in [2.05, 4.69) is 17.4 Å². The molecule has 4 rings (SSSR count). The van der Waals surface area contributed by atoms with Crippen molar-refractivity contribution in [3.8, 4) is 0 Å². The lowest BCUT2D eigenvalue weighted by molar-refractivity contribution is -0.135. The maximum Gasteiger partial charge on any atom is 0.228 e. The number of para-hydroxylation sites is 1. The van der Waals surface area contributed by atoms with Crippen molar-refractivity contribution in [2.45, 2.75) is 19.4 Å². The molecule has 0 bridgehead atoms. The van der Waals surface area contributed by atoms with E-state index < -0.39 is 0 Å². The SMILES string of the molecule is O=C(Nc1ccccc1)C1CC1C(=O)N1CCc2ccccc2C1. The number of amides is 2. The van der Waals surface area contributed by atoms with E-state index in [0.29, 0.717) is 13.0 Å². The van der Waals surface area contributed by atoms with Gasteiger partial charge >= 0.3 is 0 Å². The molecule has 4 nitrogen and oxygen atoms in total. The van der Waals surface area contributed by atoms with Gasteiger partial charge in [0.25, 0.3) is 0 Å². The van der Waals surface area contributed by atoms with Crippen LogP contribution >= 0.6 is 0 Å². The third-order valence-electron chi connectivity index (χ3n) is 4.93. The molecule has 122 valence electrons. The van der Waals surface area contributed by atoms with E-state index in [0.717, 1.165) is 18.7 Å². The Morgan fingerprint density at radius 2 is 1.62 bits per heavy atom. The molecular formula is C20H20N2O2. The Labute approximate surface area is 141 Å². The minimum Gasteiger partial charge on any atom is -0.338 e. The van der Waals surface area contributed by atoms with Gasteiger partial charge in [-0.05, 0) is 36.1 Å². The van der Waals surface area contributed by atoms with Crippen molar-refractivity contribution in [3.05, 3.63) is 65.7 Å². The fourth-order valence-corrected chi connectivity index (χ4v) is 3.43. The average Bonchev–Trinajstić information content (AvgIpc) is 3.42. The molecule has 0 saturated heterocycles. The molecule has 0 aromatic heterocycles. The number of anilines is 1. The van der Waals surface area contributed by atoms with Crippen molar-refractivity contribution in [2.75, 3.05) is 11.9 Å². The standard InChI is InChI=1S/C20H20N2O2/c23-19(21-16-8-2-1-3-9-16)17-12-18(17)20(24)22-11-10-14-6-4-5-7-15(14)13-22/h1-9,17-18H,10-13H2,(H,21,23). The number of hydrogen-bond donors (Lipinski definition) is 1. The molecule has 2 amide bonds. The molecule has 1 fully saturated rings. The molecule has 2 aromatic carbocycles. The summed E-state index contributed by atoms with van der Waals surface area (Å²) in [6.45, 7) is 1.41. The number of nitrogens with zero attached hydrogens (tertiary/aromatic N) is 1. The van der Waals surface area contributed by atoms with Gasteiger partial charge in [0.2, 0.25) is 11.8 Å². The van der Waals surface area contributed by atoms with Gasteiger partial charge in [-0.3, -0.25) is 9.59 Å². The molecular weight excluding hydrogens is 300 g/mol. The summed E-state index contributed by atoms with van der Waals surface area (Å²) < 4.78 is 0. The van der Waals surface area contributed by atoms with Crippen molar-refractivity contribution in [1.29, 1.82) is 0 Å². The van der Waals surface area contributed by atoms with Crippen LogP contribution in [0.3, 0.4) is 0 Å². The highest BCUT2D eigenvalue weighted by molar-refractivity contribution is 5.99. The number of rotatable bonds is 3. The largest absolute Gasteiger partial charge is 0.338 e. The quantitative estimate of drug-likeness (QED) is 0.945. The summed E-state index contributed by atoms with van der Waals surface area (Å²) in [5.41, 5.74) is 3.34. The molecule has 1 aliphatic heterocycles. The molecule has 2 atom stereocenters. The average molecular weight is 320 g/mol. The number of fused-ring (bicyclic) bond motifs is 1. The lowest BCUT2D eigenvalue weighted by atomic mass is 9.99. The van der Waals surface area contributed by atoms with Gasteiger partial charge < -0.3 is 10.2 Å². The van der Waals surface area contributed by atoms with E-state index in [1.54, 1.807) is 0 Å². The Hall–Kier alpha value is -2.62. The zero-order valence-corrected chi connectivity index (χ0v) is 13.4. The Bertz CT molecular complexity index is 772. The molecule has 1 aliphatic carbocycles. The number of carbonyl (C=O) groups excluding carboxylic acids is 2. The van der Waals surface area contributed by atoms with Crippen molar-refractivity contribution in [1.82, 2.24) is 4.90 Å². The normalized spacial score (nSPS) is 21.8. The lowest BCUT2D eigenvalue weighted by Gasteiger charge is -2.29. The van der Waals surface area contributed by atoms with Gasteiger partial charge in [-0.2, -0.15) is 0 Å². The van der Waals surface area contributed by atoms with Gasteiger partial charge in [0.1, 0.15) is 0 Å². The zero-order valence-electron chi connectivity index (χ0n) is 13.4. The van der Waals surface area contributed by atoms with Gasteiger partial charge in [-0.25, -0.2) is 0 Å². The Morgan fingerprint density at radius 1 is 0.917 bits per heavy atom.